The molecule has 23 heavy (non-hydrogen) atoms. The summed E-state index contributed by atoms with van der Waals surface area (Å²) in [6, 6.07) is 4.42. The van der Waals surface area contributed by atoms with Crippen molar-refractivity contribution in [3.63, 3.8) is 0 Å². The Labute approximate surface area is 140 Å². The van der Waals surface area contributed by atoms with E-state index >= 15 is 0 Å². The van der Waals surface area contributed by atoms with Gasteiger partial charge in [-0.3, -0.25) is 9.69 Å². The van der Waals surface area contributed by atoms with Gasteiger partial charge < -0.3 is 14.7 Å². The lowest BCUT2D eigenvalue weighted by Gasteiger charge is -2.34. The molecule has 0 radical (unpaired) electrons. The molecule has 0 saturated carbocycles. The van der Waals surface area contributed by atoms with Crippen LogP contribution in [0.2, 0.25) is 0 Å². The highest BCUT2D eigenvalue weighted by Crippen LogP contribution is 2.19. The van der Waals surface area contributed by atoms with Gasteiger partial charge in [0.25, 0.3) is 5.91 Å². The zero-order valence-electron chi connectivity index (χ0n) is 13.4. The molecule has 126 valence electrons. The largest absolute Gasteiger partial charge is 0.497 e. The lowest BCUT2D eigenvalue weighted by Crippen LogP contribution is -2.49. The fraction of sp³-hybridized carbons (Fsp3) is 0.500. The molecule has 7 heteroatoms. The molecule has 2 rings (SSSR count). The Kier molecular flexibility index (Phi) is 6.29. The Morgan fingerprint density at radius 3 is 2.39 bits per heavy atom. The Hall–Kier alpha value is -1.73. The van der Waals surface area contributed by atoms with E-state index in [0.29, 0.717) is 24.4 Å². The minimum absolute atomic E-state index is 0.0614. The number of methoxy groups -OCH3 is 1. The minimum Gasteiger partial charge on any atom is -0.497 e. The number of hydrogen-bond acceptors (Lipinski definition) is 5. The van der Waals surface area contributed by atoms with Crippen molar-refractivity contribution < 1.29 is 19.4 Å². The third-order valence-electron chi connectivity index (χ3n) is 3.91. The van der Waals surface area contributed by atoms with Crippen LogP contribution in [-0.4, -0.2) is 78.6 Å². The maximum Gasteiger partial charge on any atom is 0.335 e. The van der Waals surface area contributed by atoms with Gasteiger partial charge in [-0.15, -0.1) is 0 Å². The molecule has 1 aliphatic heterocycles. The van der Waals surface area contributed by atoms with E-state index in [-0.39, 0.29) is 11.5 Å². The third kappa shape index (κ3) is 4.62. The number of carbonyl (C=O) groups excluding carboxylic acids is 1. The number of carboxylic acid groups (broad SMARTS) is 1. The summed E-state index contributed by atoms with van der Waals surface area (Å²) in [6.45, 7) is 4.05. The molecule has 0 spiro atoms. The summed E-state index contributed by atoms with van der Waals surface area (Å²) >= 11 is 1.82. The molecular weight excluding hydrogens is 316 g/mol. The van der Waals surface area contributed by atoms with E-state index in [1.807, 2.05) is 11.8 Å². The van der Waals surface area contributed by atoms with Crippen LogP contribution in [0.1, 0.15) is 20.7 Å². The Bertz CT molecular complexity index is 571. The summed E-state index contributed by atoms with van der Waals surface area (Å²) in [5, 5.41) is 9.15. The first-order valence-corrected chi connectivity index (χ1v) is 8.87. The molecule has 1 aromatic rings. The molecule has 1 fully saturated rings. The predicted molar refractivity (Wildman–Crippen MR) is 90.7 cm³/mol. The highest BCUT2D eigenvalue weighted by molar-refractivity contribution is 7.98. The Morgan fingerprint density at radius 1 is 1.17 bits per heavy atom. The molecule has 1 saturated heterocycles. The number of carboxylic acids is 1. The summed E-state index contributed by atoms with van der Waals surface area (Å²) in [5.41, 5.74) is 0.422. The van der Waals surface area contributed by atoms with E-state index in [2.05, 4.69) is 11.2 Å². The van der Waals surface area contributed by atoms with Gasteiger partial charge in [0, 0.05) is 44.0 Å². The van der Waals surface area contributed by atoms with Crippen LogP contribution in [0, 0.1) is 0 Å². The van der Waals surface area contributed by atoms with Crippen molar-refractivity contribution in [2.24, 2.45) is 0 Å². The average molecular weight is 338 g/mol. The van der Waals surface area contributed by atoms with Gasteiger partial charge in [0.1, 0.15) is 5.75 Å². The number of benzene rings is 1. The van der Waals surface area contributed by atoms with Crippen molar-refractivity contribution in [2.45, 2.75) is 0 Å². The SMILES string of the molecule is COc1cc(C(=O)O)cc(C(=O)N2CCN(CCSC)CC2)c1. The molecule has 1 aromatic carbocycles. The number of amides is 1. The number of hydrogen-bond donors (Lipinski definition) is 1. The van der Waals surface area contributed by atoms with Crippen LogP contribution in [0.5, 0.6) is 5.75 Å². The van der Waals surface area contributed by atoms with Crippen molar-refractivity contribution in [3.05, 3.63) is 29.3 Å². The van der Waals surface area contributed by atoms with E-state index in [0.717, 1.165) is 25.4 Å². The Morgan fingerprint density at radius 2 is 1.83 bits per heavy atom. The number of thioether (sulfide) groups is 1. The molecule has 0 aromatic heterocycles. The molecule has 0 unspecified atom stereocenters. The van der Waals surface area contributed by atoms with Crippen molar-refractivity contribution >= 4 is 23.6 Å². The van der Waals surface area contributed by atoms with Crippen LogP contribution in [-0.2, 0) is 0 Å². The maximum absolute atomic E-state index is 12.6. The number of aromatic carboxylic acids is 1. The van der Waals surface area contributed by atoms with E-state index in [1.54, 1.807) is 11.0 Å². The second-order valence-corrected chi connectivity index (χ2v) is 6.37. The van der Waals surface area contributed by atoms with Gasteiger partial charge in [0.15, 0.2) is 0 Å². The smallest absolute Gasteiger partial charge is 0.335 e. The van der Waals surface area contributed by atoms with Crippen molar-refractivity contribution in [1.29, 1.82) is 0 Å². The van der Waals surface area contributed by atoms with E-state index in [1.165, 1.54) is 19.2 Å². The van der Waals surface area contributed by atoms with Gasteiger partial charge in [0.2, 0.25) is 0 Å². The first kappa shape index (κ1) is 17.6. The number of nitrogens with zero attached hydrogens (tertiary/aromatic N) is 2. The van der Waals surface area contributed by atoms with Gasteiger partial charge in [-0.1, -0.05) is 0 Å². The van der Waals surface area contributed by atoms with Crippen LogP contribution in [0.15, 0.2) is 18.2 Å². The Balaban J connectivity index is 2.06. The van der Waals surface area contributed by atoms with Crippen molar-refractivity contribution in [3.8, 4) is 5.75 Å². The lowest BCUT2D eigenvalue weighted by molar-refractivity contribution is 0.0644. The fourth-order valence-corrected chi connectivity index (χ4v) is 2.98. The van der Waals surface area contributed by atoms with Gasteiger partial charge in [-0.2, -0.15) is 11.8 Å². The summed E-state index contributed by atoms with van der Waals surface area (Å²) < 4.78 is 5.10. The monoisotopic (exact) mass is 338 g/mol. The van der Waals surface area contributed by atoms with Gasteiger partial charge in [-0.25, -0.2) is 4.79 Å². The molecule has 6 nitrogen and oxygen atoms in total. The summed E-state index contributed by atoms with van der Waals surface area (Å²) in [7, 11) is 1.46. The van der Waals surface area contributed by atoms with Gasteiger partial charge in [-0.05, 0) is 24.5 Å². The van der Waals surface area contributed by atoms with Crippen LogP contribution in [0.25, 0.3) is 0 Å². The standard InChI is InChI=1S/C16H22N2O4S/c1-22-14-10-12(9-13(11-14)16(20)21)15(19)18-5-3-17(4-6-18)7-8-23-2/h9-11H,3-8H2,1-2H3,(H,20,21). The summed E-state index contributed by atoms with van der Waals surface area (Å²) in [5.74, 6) is 0.258. The summed E-state index contributed by atoms with van der Waals surface area (Å²) in [6.07, 6.45) is 2.09. The lowest BCUT2D eigenvalue weighted by atomic mass is 10.1. The highest BCUT2D eigenvalue weighted by atomic mass is 32.2. The maximum atomic E-state index is 12.6. The normalized spacial score (nSPS) is 15.5. The fourth-order valence-electron chi connectivity index (χ4n) is 2.54. The van der Waals surface area contributed by atoms with E-state index in [9.17, 15) is 9.59 Å². The molecule has 1 N–H and O–H groups in total. The number of ether oxygens (including phenoxy) is 1. The number of rotatable bonds is 6. The zero-order valence-corrected chi connectivity index (χ0v) is 14.3. The molecule has 0 bridgehead atoms. The second kappa shape index (κ2) is 8.21. The number of carbonyl (C=O) groups is 2. The quantitative estimate of drug-likeness (QED) is 0.848. The van der Waals surface area contributed by atoms with Crippen LogP contribution in [0.3, 0.4) is 0 Å². The van der Waals surface area contributed by atoms with Crippen LogP contribution >= 0.6 is 11.8 Å². The summed E-state index contributed by atoms with van der Waals surface area (Å²) in [4.78, 5) is 27.9. The molecule has 1 heterocycles. The van der Waals surface area contributed by atoms with Gasteiger partial charge in [0.05, 0.1) is 12.7 Å². The zero-order chi connectivity index (χ0) is 16.8. The van der Waals surface area contributed by atoms with Crippen molar-refractivity contribution in [2.75, 3.05) is 51.8 Å². The predicted octanol–water partition coefficient (Wildman–Crippen LogP) is 1.51. The number of piperazine rings is 1. The molecular formula is C16H22N2O4S. The molecule has 1 amide bonds. The molecule has 1 aliphatic rings. The van der Waals surface area contributed by atoms with E-state index < -0.39 is 5.97 Å². The third-order valence-corrected chi connectivity index (χ3v) is 4.50. The molecule has 0 aliphatic carbocycles. The van der Waals surface area contributed by atoms with Crippen molar-refractivity contribution in [1.82, 2.24) is 9.80 Å². The first-order valence-electron chi connectivity index (χ1n) is 7.48. The van der Waals surface area contributed by atoms with Gasteiger partial charge >= 0.3 is 5.97 Å². The van der Waals surface area contributed by atoms with Crippen LogP contribution < -0.4 is 4.74 Å². The first-order chi connectivity index (χ1) is 11.0. The highest BCUT2D eigenvalue weighted by Gasteiger charge is 2.23. The average Bonchev–Trinajstić information content (AvgIpc) is 2.59. The van der Waals surface area contributed by atoms with E-state index in [4.69, 9.17) is 9.84 Å². The second-order valence-electron chi connectivity index (χ2n) is 5.38. The van der Waals surface area contributed by atoms with Crippen LogP contribution in [0.4, 0.5) is 0 Å². The molecule has 0 atom stereocenters. The topological polar surface area (TPSA) is 70.1 Å². The minimum atomic E-state index is -1.07.